The molecule has 2 aliphatic rings. The predicted octanol–water partition coefficient (Wildman–Crippen LogP) is 2.75. The van der Waals surface area contributed by atoms with Crippen molar-refractivity contribution in [3.8, 4) is 5.06 Å². The number of hydrogen-bond acceptors (Lipinski definition) is 6. The van der Waals surface area contributed by atoms with Crippen molar-refractivity contribution in [1.82, 2.24) is 15.1 Å². The molecule has 0 aliphatic carbocycles. The van der Waals surface area contributed by atoms with Gasteiger partial charge in [0.05, 0.1) is 23.0 Å². The Morgan fingerprint density at radius 3 is 2.87 bits per heavy atom. The molecule has 3 heterocycles. The third kappa shape index (κ3) is 4.62. The molecule has 1 fully saturated rings. The summed E-state index contributed by atoms with van der Waals surface area (Å²) in [6.45, 7) is 2.02. The molecule has 2 amide bonds. The molecule has 2 aromatic rings. The van der Waals surface area contributed by atoms with Crippen LogP contribution in [0.25, 0.3) is 0 Å². The number of benzene rings is 1. The number of amides is 2. The average molecular weight is 450 g/mol. The van der Waals surface area contributed by atoms with E-state index in [1.807, 2.05) is 18.2 Å². The molecule has 30 heavy (non-hydrogen) atoms. The molecule has 160 valence electrons. The van der Waals surface area contributed by atoms with Gasteiger partial charge in [0.1, 0.15) is 0 Å². The van der Waals surface area contributed by atoms with Gasteiger partial charge in [-0.15, -0.1) is 0 Å². The second kappa shape index (κ2) is 8.93. The van der Waals surface area contributed by atoms with Crippen molar-refractivity contribution in [2.45, 2.75) is 31.5 Å². The van der Waals surface area contributed by atoms with Crippen LogP contribution in [0.15, 0.2) is 30.3 Å². The molecule has 9 heteroatoms. The van der Waals surface area contributed by atoms with Crippen LogP contribution in [0.2, 0.25) is 4.34 Å². The number of aliphatic hydroxyl groups excluding tert-OH is 1. The zero-order valence-corrected chi connectivity index (χ0v) is 18.2. The quantitative estimate of drug-likeness (QED) is 0.750. The van der Waals surface area contributed by atoms with Crippen molar-refractivity contribution in [2.24, 2.45) is 0 Å². The summed E-state index contributed by atoms with van der Waals surface area (Å²) < 4.78 is 5.77. The lowest BCUT2D eigenvalue weighted by Crippen LogP contribution is -2.41. The highest BCUT2D eigenvalue weighted by atomic mass is 35.5. The maximum absolute atomic E-state index is 13.1. The molecule has 2 atom stereocenters. The molecule has 2 unspecified atom stereocenters. The van der Waals surface area contributed by atoms with E-state index in [-0.39, 0.29) is 24.6 Å². The van der Waals surface area contributed by atoms with Gasteiger partial charge >= 0.3 is 6.09 Å². The fraction of sp³-hybridized carbons (Fsp3) is 0.429. The SMILES string of the molecule is CN1CCc2cc(C(=O)N3CC(NC(=O)Oc4ccc(Cl)s4)CC3CO)ccc2C1. The number of nitrogens with one attached hydrogen (secondary N) is 1. The van der Waals surface area contributed by atoms with Gasteiger partial charge in [0.25, 0.3) is 5.91 Å². The lowest BCUT2D eigenvalue weighted by atomic mass is 9.97. The topological polar surface area (TPSA) is 82.1 Å². The second-order valence-electron chi connectivity index (χ2n) is 7.79. The summed E-state index contributed by atoms with van der Waals surface area (Å²) >= 11 is 7.02. The van der Waals surface area contributed by atoms with Crippen molar-refractivity contribution in [3.63, 3.8) is 0 Å². The Balaban J connectivity index is 1.41. The zero-order chi connectivity index (χ0) is 21.3. The Morgan fingerprint density at radius 2 is 2.13 bits per heavy atom. The van der Waals surface area contributed by atoms with Gasteiger partial charge in [0.2, 0.25) is 0 Å². The van der Waals surface area contributed by atoms with Gasteiger partial charge in [-0.05, 0) is 55.3 Å². The fourth-order valence-corrected chi connectivity index (χ4v) is 4.95. The van der Waals surface area contributed by atoms with E-state index in [0.717, 1.165) is 19.5 Å². The van der Waals surface area contributed by atoms with Crippen molar-refractivity contribution in [2.75, 3.05) is 26.7 Å². The summed E-state index contributed by atoms with van der Waals surface area (Å²) in [5, 5.41) is 13.0. The van der Waals surface area contributed by atoms with Crippen LogP contribution in [0, 0.1) is 0 Å². The van der Waals surface area contributed by atoms with Gasteiger partial charge in [-0.25, -0.2) is 4.79 Å². The van der Waals surface area contributed by atoms with Crippen molar-refractivity contribution in [1.29, 1.82) is 0 Å². The van der Waals surface area contributed by atoms with Crippen LogP contribution < -0.4 is 10.1 Å². The van der Waals surface area contributed by atoms with Crippen molar-refractivity contribution < 1.29 is 19.4 Å². The second-order valence-corrected chi connectivity index (χ2v) is 9.47. The Labute approximate surface area is 184 Å². The van der Waals surface area contributed by atoms with Gasteiger partial charge < -0.3 is 25.0 Å². The molecule has 2 aliphatic heterocycles. The third-order valence-electron chi connectivity index (χ3n) is 5.61. The summed E-state index contributed by atoms with van der Waals surface area (Å²) in [6, 6.07) is 8.48. The largest absolute Gasteiger partial charge is 0.413 e. The smallest absolute Gasteiger partial charge is 0.399 e. The minimum atomic E-state index is -0.595. The van der Waals surface area contributed by atoms with Crippen LogP contribution >= 0.6 is 22.9 Å². The monoisotopic (exact) mass is 449 g/mol. The number of carbonyl (C=O) groups is 2. The summed E-state index contributed by atoms with van der Waals surface area (Å²) in [7, 11) is 2.09. The number of halogens is 1. The van der Waals surface area contributed by atoms with Gasteiger partial charge in [-0.3, -0.25) is 4.79 Å². The van der Waals surface area contributed by atoms with Crippen LogP contribution in [0.3, 0.4) is 0 Å². The molecular formula is C21H24ClN3O4S. The first-order valence-electron chi connectivity index (χ1n) is 9.89. The van der Waals surface area contributed by atoms with E-state index < -0.39 is 6.09 Å². The van der Waals surface area contributed by atoms with Crippen LogP contribution in [0.5, 0.6) is 5.06 Å². The number of likely N-dealkylation sites (tertiary alicyclic amines) is 1. The molecule has 7 nitrogen and oxygen atoms in total. The molecule has 1 saturated heterocycles. The summed E-state index contributed by atoms with van der Waals surface area (Å²) in [5.41, 5.74) is 3.07. The van der Waals surface area contributed by atoms with Crippen molar-refractivity contribution in [3.05, 3.63) is 51.4 Å². The van der Waals surface area contributed by atoms with Gasteiger partial charge in [-0.2, -0.15) is 0 Å². The standard InChI is InChI=1S/C21H24ClN3O4S/c1-24-7-6-13-8-14(2-3-15(13)10-24)20(27)25-11-16(9-17(25)12-26)23-21(28)29-19-5-4-18(22)30-19/h2-5,8,16-17,26H,6-7,9-12H2,1H3,(H,23,28). The number of carbonyl (C=O) groups excluding carboxylic acids is 2. The van der Waals surface area contributed by atoms with E-state index >= 15 is 0 Å². The Morgan fingerprint density at radius 1 is 1.30 bits per heavy atom. The Kier molecular flexibility index (Phi) is 6.29. The zero-order valence-electron chi connectivity index (χ0n) is 16.6. The Hall–Kier alpha value is -2.13. The van der Waals surface area contributed by atoms with E-state index in [1.54, 1.807) is 17.0 Å². The first-order chi connectivity index (χ1) is 14.4. The van der Waals surface area contributed by atoms with Crippen LogP contribution in [0.1, 0.15) is 27.9 Å². The van der Waals surface area contributed by atoms with E-state index in [9.17, 15) is 14.7 Å². The highest BCUT2D eigenvalue weighted by Gasteiger charge is 2.36. The average Bonchev–Trinajstić information content (AvgIpc) is 3.32. The summed E-state index contributed by atoms with van der Waals surface area (Å²) in [4.78, 5) is 29.2. The minimum absolute atomic E-state index is 0.126. The number of hydrogen-bond donors (Lipinski definition) is 2. The number of likely N-dealkylation sites (N-methyl/N-ethyl adjacent to an activating group) is 1. The number of thiophene rings is 1. The molecule has 0 bridgehead atoms. The van der Waals surface area contributed by atoms with Crippen LogP contribution in [-0.2, 0) is 13.0 Å². The summed E-state index contributed by atoms with van der Waals surface area (Å²) in [5.74, 6) is -0.126. The molecule has 2 N–H and O–H groups in total. The first kappa shape index (κ1) is 21.1. The number of nitrogens with zero attached hydrogens (tertiary/aromatic N) is 2. The predicted molar refractivity (Wildman–Crippen MR) is 115 cm³/mol. The molecule has 1 aromatic carbocycles. The van der Waals surface area contributed by atoms with Gasteiger partial charge in [-0.1, -0.05) is 29.0 Å². The van der Waals surface area contributed by atoms with Crippen molar-refractivity contribution >= 4 is 34.9 Å². The number of aliphatic hydroxyl groups is 1. The number of fused-ring (bicyclic) bond motifs is 1. The van der Waals surface area contributed by atoms with Gasteiger partial charge in [0, 0.05) is 25.2 Å². The lowest BCUT2D eigenvalue weighted by molar-refractivity contribution is 0.0675. The molecule has 0 radical (unpaired) electrons. The van der Waals surface area contributed by atoms with Crippen LogP contribution in [-0.4, -0.2) is 65.7 Å². The molecule has 0 saturated carbocycles. The Bertz CT molecular complexity index is 950. The van der Waals surface area contributed by atoms with E-state index in [0.29, 0.717) is 27.9 Å². The number of ether oxygens (including phenoxy) is 1. The van der Waals surface area contributed by atoms with E-state index in [1.165, 1.54) is 22.5 Å². The highest BCUT2D eigenvalue weighted by molar-refractivity contribution is 7.17. The molecule has 4 rings (SSSR count). The maximum Gasteiger partial charge on any atom is 0.413 e. The van der Waals surface area contributed by atoms with Gasteiger partial charge in [0.15, 0.2) is 5.06 Å². The van der Waals surface area contributed by atoms with E-state index in [2.05, 4.69) is 17.3 Å². The summed E-state index contributed by atoms with van der Waals surface area (Å²) in [6.07, 6.45) is 0.791. The van der Waals surface area contributed by atoms with E-state index in [4.69, 9.17) is 16.3 Å². The first-order valence-corrected chi connectivity index (χ1v) is 11.1. The fourth-order valence-electron chi connectivity index (χ4n) is 4.08. The normalized spacial score (nSPS) is 21.4. The highest BCUT2D eigenvalue weighted by Crippen LogP contribution is 2.29. The third-order valence-corrected chi connectivity index (χ3v) is 6.72. The molecular weight excluding hydrogens is 426 g/mol. The van der Waals surface area contributed by atoms with Crippen LogP contribution in [0.4, 0.5) is 4.79 Å². The maximum atomic E-state index is 13.1. The molecule has 1 aromatic heterocycles. The minimum Gasteiger partial charge on any atom is -0.399 e. The lowest BCUT2D eigenvalue weighted by Gasteiger charge is -2.27. The number of rotatable bonds is 4. The molecule has 0 spiro atoms.